The summed E-state index contributed by atoms with van der Waals surface area (Å²) in [4.78, 5) is 23.9. The first kappa shape index (κ1) is 11.2. The number of fused-ring (bicyclic) bond motifs is 1. The van der Waals surface area contributed by atoms with E-state index in [0.717, 1.165) is 22.6 Å². The van der Waals surface area contributed by atoms with E-state index in [1.54, 1.807) is 6.07 Å². The van der Waals surface area contributed by atoms with Crippen molar-refractivity contribution in [3.05, 3.63) is 29.3 Å². The van der Waals surface area contributed by atoms with Crippen molar-refractivity contribution in [1.29, 1.82) is 0 Å². The maximum Gasteiger partial charge on any atom is 0.289 e. The molecule has 1 aliphatic heterocycles. The lowest BCUT2D eigenvalue weighted by atomic mass is 10.1. The van der Waals surface area contributed by atoms with Crippen LogP contribution in [0, 0.1) is 0 Å². The molecule has 2 amide bonds. The molecule has 0 fully saturated rings. The number of anilines is 1. The van der Waals surface area contributed by atoms with Crippen LogP contribution in [-0.4, -0.2) is 18.2 Å². The number of amides is 2. The van der Waals surface area contributed by atoms with Gasteiger partial charge in [0, 0.05) is 6.54 Å². The van der Waals surface area contributed by atoms with Gasteiger partial charge >= 0.3 is 0 Å². The summed E-state index contributed by atoms with van der Waals surface area (Å²) < 4.78 is 0. The van der Waals surface area contributed by atoms with Crippen LogP contribution < -0.4 is 10.2 Å². The van der Waals surface area contributed by atoms with Gasteiger partial charge in [-0.15, -0.1) is 0 Å². The Morgan fingerprint density at radius 1 is 1.56 bits per heavy atom. The molecule has 0 aliphatic carbocycles. The van der Waals surface area contributed by atoms with Crippen molar-refractivity contribution in [2.45, 2.75) is 13.0 Å². The number of carbonyl (C=O) groups is 2. The van der Waals surface area contributed by atoms with Gasteiger partial charge < -0.3 is 5.32 Å². The van der Waals surface area contributed by atoms with Crippen LogP contribution >= 0.6 is 12.6 Å². The molecule has 0 unspecified atom stereocenters. The number of nitrogens with zero attached hydrogens (tertiary/aromatic N) is 1. The van der Waals surface area contributed by atoms with Crippen LogP contribution in [0.5, 0.6) is 0 Å². The van der Waals surface area contributed by atoms with E-state index in [-0.39, 0.29) is 12.3 Å². The normalized spacial score (nSPS) is 14.1. The minimum absolute atomic E-state index is 0.211. The first-order valence-electron chi connectivity index (χ1n) is 4.95. The molecule has 0 spiro atoms. The lowest BCUT2D eigenvalue weighted by Gasteiger charge is -2.12. The Labute approximate surface area is 99.0 Å². The molecule has 16 heavy (non-hydrogen) atoms. The van der Waals surface area contributed by atoms with Crippen molar-refractivity contribution in [2.75, 3.05) is 11.9 Å². The molecule has 1 aliphatic rings. The van der Waals surface area contributed by atoms with Gasteiger partial charge in [0.15, 0.2) is 0 Å². The molecule has 0 saturated heterocycles. The molecule has 0 saturated carbocycles. The first-order chi connectivity index (χ1) is 7.63. The Hall–Kier alpha value is -1.33. The van der Waals surface area contributed by atoms with Crippen molar-refractivity contribution < 1.29 is 9.59 Å². The molecule has 0 radical (unpaired) electrons. The van der Waals surface area contributed by atoms with Gasteiger partial charge in [0.05, 0.1) is 12.1 Å². The summed E-state index contributed by atoms with van der Waals surface area (Å²) in [5.41, 5.74) is 2.65. The Kier molecular flexibility index (Phi) is 2.98. The second kappa shape index (κ2) is 4.27. The summed E-state index contributed by atoms with van der Waals surface area (Å²) >= 11 is 3.70. The Bertz CT molecular complexity index is 459. The number of hydrogen-bond donors (Lipinski definition) is 2. The van der Waals surface area contributed by atoms with Crippen LogP contribution in [0.4, 0.5) is 10.5 Å². The number of hydrogen-bond acceptors (Lipinski definition) is 3. The smallest absolute Gasteiger partial charge is 0.289 e. The van der Waals surface area contributed by atoms with E-state index in [4.69, 9.17) is 0 Å². The number of imide groups is 1. The maximum atomic E-state index is 11.6. The summed E-state index contributed by atoms with van der Waals surface area (Å²) in [6.45, 7) is 0.746. The summed E-state index contributed by atoms with van der Waals surface area (Å²) in [6.07, 6.45) is 0.277. The Morgan fingerprint density at radius 2 is 2.31 bits per heavy atom. The lowest BCUT2D eigenvalue weighted by molar-refractivity contribution is -0.116. The highest BCUT2D eigenvalue weighted by atomic mass is 32.1. The Balaban J connectivity index is 2.38. The predicted octanol–water partition coefficient (Wildman–Crippen LogP) is 1.34. The second-order valence-corrected chi connectivity index (χ2v) is 4.06. The van der Waals surface area contributed by atoms with E-state index in [1.165, 1.54) is 0 Å². The van der Waals surface area contributed by atoms with Gasteiger partial charge in [0.1, 0.15) is 0 Å². The van der Waals surface area contributed by atoms with Crippen molar-refractivity contribution in [3.63, 3.8) is 0 Å². The molecule has 84 valence electrons. The number of carbonyl (C=O) groups excluding carboxylic acids is 2. The molecular weight excluding hydrogens is 224 g/mol. The van der Waals surface area contributed by atoms with Gasteiger partial charge in [-0.3, -0.25) is 9.59 Å². The lowest BCUT2D eigenvalue weighted by Crippen LogP contribution is -2.28. The Morgan fingerprint density at radius 3 is 2.94 bits per heavy atom. The third-order valence-corrected chi connectivity index (χ3v) is 2.75. The standard InChI is InChI=1S/C11H12N2O2S/c1-12-6-7-2-3-9-8(4-7)5-10(14)13(9)11(15)16/h2-4,12H,5-6H2,1H3,(H,15,16). The van der Waals surface area contributed by atoms with Crippen LogP contribution in [0.15, 0.2) is 18.2 Å². The SMILES string of the molecule is CNCc1ccc2c(c1)CC(=O)N2C(=O)S. The quantitative estimate of drug-likeness (QED) is 0.762. The molecule has 4 nitrogen and oxygen atoms in total. The van der Waals surface area contributed by atoms with E-state index in [9.17, 15) is 9.59 Å². The van der Waals surface area contributed by atoms with Crippen molar-refractivity contribution in [3.8, 4) is 0 Å². The molecule has 1 heterocycles. The molecule has 0 bridgehead atoms. The predicted molar refractivity (Wildman–Crippen MR) is 64.8 cm³/mol. The molecule has 1 aromatic carbocycles. The molecular formula is C11H12N2O2S. The van der Waals surface area contributed by atoms with Crippen molar-refractivity contribution in [2.24, 2.45) is 0 Å². The van der Waals surface area contributed by atoms with Gasteiger partial charge in [-0.2, -0.15) is 0 Å². The number of nitrogens with one attached hydrogen (secondary N) is 1. The zero-order valence-electron chi connectivity index (χ0n) is 8.86. The highest BCUT2D eigenvalue weighted by Crippen LogP contribution is 2.30. The zero-order chi connectivity index (χ0) is 11.7. The van der Waals surface area contributed by atoms with Crippen molar-refractivity contribution >= 4 is 29.5 Å². The fourth-order valence-corrected chi connectivity index (χ4v) is 2.12. The van der Waals surface area contributed by atoms with E-state index in [2.05, 4.69) is 17.9 Å². The highest BCUT2D eigenvalue weighted by Gasteiger charge is 2.30. The van der Waals surface area contributed by atoms with E-state index < -0.39 is 5.24 Å². The summed E-state index contributed by atoms with van der Waals surface area (Å²) in [7, 11) is 1.86. The first-order valence-corrected chi connectivity index (χ1v) is 5.40. The monoisotopic (exact) mass is 236 g/mol. The maximum absolute atomic E-state index is 11.6. The molecule has 0 atom stereocenters. The number of benzene rings is 1. The van der Waals surface area contributed by atoms with Gasteiger partial charge in [-0.25, -0.2) is 4.90 Å². The second-order valence-electron chi connectivity index (χ2n) is 3.68. The van der Waals surface area contributed by atoms with Crippen LogP contribution in [0.3, 0.4) is 0 Å². The van der Waals surface area contributed by atoms with E-state index in [1.807, 2.05) is 19.2 Å². The summed E-state index contributed by atoms with van der Waals surface area (Å²) in [6, 6.07) is 5.64. The third kappa shape index (κ3) is 1.83. The fraction of sp³-hybridized carbons (Fsp3) is 0.273. The topological polar surface area (TPSA) is 49.4 Å². The molecule has 1 aromatic rings. The van der Waals surface area contributed by atoms with E-state index in [0.29, 0.717) is 5.69 Å². The summed E-state index contributed by atoms with van der Waals surface area (Å²) in [5, 5.41) is 2.52. The number of rotatable bonds is 2. The van der Waals surface area contributed by atoms with Gasteiger partial charge in [-0.05, 0) is 24.2 Å². The van der Waals surface area contributed by atoms with Crippen LogP contribution in [-0.2, 0) is 17.8 Å². The minimum Gasteiger partial charge on any atom is -0.316 e. The van der Waals surface area contributed by atoms with Crippen LogP contribution in [0.1, 0.15) is 11.1 Å². The minimum atomic E-state index is -0.523. The zero-order valence-corrected chi connectivity index (χ0v) is 9.75. The fourth-order valence-electron chi connectivity index (χ4n) is 1.90. The van der Waals surface area contributed by atoms with Crippen LogP contribution in [0.2, 0.25) is 0 Å². The average Bonchev–Trinajstić information content (AvgIpc) is 2.53. The molecule has 2 rings (SSSR count). The van der Waals surface area contributed by atoms with Gasteiger partial charge in [-0.1, -0.05) is 24.8 Å². The molecule has 1 N–H and O–H groups in total. The largest absolute Gasteiger partial charge is 0.316 e. The summed E-state index contributed by atoms with van der Waals surface area (Å²) in [5.74, 6) is -0.211. The number of thiol groups is 1. The van der Waals surface area contributed by atoms with Crippen molar-refractivity contribution in [1.82, 2.24) is 5.32 Å². The average molecular weight is 236 g/mol. The van der Waals surface area contributed by atoms with Gasteiger partial charge in [0.2, 0.25) is 5.91 Å². The van der Waals surface area contributed by atoms with E-state index >= 15 is 0 Å². The molecule has 5 heteroatoms. The molecule has 0 aromatic heterocycles. The van der Waals surface area contributed by atoms with Crippen LogP contribution in [0.25, 0.3) is 0 Å². The highest BCUT2D eigenvalue weighted by molar-refractivity contribution is 7.97. The third-order valence-electron chi connectivity index (χ3n) is 2.55. The van der Waals surface area contributed by atoms with Gasteiger partial charge in [0.25, 0.3) is 5.24 Å².